The summed E-state index contributed by atoms with van der Waals surface area (Å²) in [7, 11) is 3.99. The molecule has 9 heteroatoms. The standard InChI is InChI=1S/C31H33FN4O4/c1-20(37)36(18-4-17-35(2)3)25-13-11-24(12-14-25)33-30(22-8-5-21(6-9-22)7-16-28(38)39)29-26-15-10-23(32)19-27(26)34-31(29)40/h5-6,8-15,19,33H,4,7,16-18H2,1-3H3,(H,34,40)(H,38,39). The predicted molar refractivity (Wildman–Crippen MR) is 156 cm³/mol. The van der Waals surface area contributed by atoms with Crippen LogP contribution < -0.4 is 15.5 Å². The van der Waals surface area contributed by atoms with E-state index in [4.69, 9.17) is 5.11 Å². The maximum Gasteiger partial charge on any atom is 0.303 e. The van der Waals surface area contributed by atoms with Crippen molar-refractivity contribution in [1.82, 2.24) is 4.90 Å². The lowest BCUT2D eigenvalue weighted by Gasteiger charge is -2.23. The van der Waals surface area contributed by atoms with Crippen molar-refractivity contribution in [2.24, 2.45) is 0 Å². The van der Waals surface area contributed by atoms with Gasteiger partial charge in [0, 0.05) is 36.8 Å². The molecule has 0 fully saturated rings. The number of fused-ring (bicyclic) bond motifs is 1. The number of nitrogens with one attached hydrogen (secondary N) is 2. The molecule has 1 aliphatic rings. The van der Waals surface area contributed by atoms with Gasteiger partial charge in [-0.1, -0.05) is 24.3 Å². The highest BCUT2D eigenvalue weighted by atomic mass is 19.1. The fraction of sp³-hybridized carbons (Fsp3) is 0.258. The van der Waals surface area contributed by atoms with Crippen LogP contribution in [-0.4, -0.2) is 55.0 Å². The average Bonchev–Trinajstić information content (AvgIpc) is 3.23. The summed E-state index contributed by atoms with van der Waals surface area (Å²) in [6, 6.07) is 18.9. The van der Waals surface area contributed by atoms with Crippen molar-refractivity contribution in [3.8, 4) is 0 Å². The summed E-state index contributed by atoms with van der Waals surface area (Å²) in [6.07, 6.45) is 1.24. The van der Waals surface area contributed by atoms with Crippen molar-refractivity contribution in [3.05, 3.63) is 89.2 Å². The van der Waals surface area contributed by atoms with E-state index in [1.807, 2.05) is 62.6 Å². The van der Waals surface area contributed by atoms with Crippen LogP contribution in [0.5, 0.6) is 0 Å². The van der Waals surface area contributed by atoms with Crippen LogP contribution in [0.1, 0.15) is 36.5 Å². The molecule has 0 radical (unpaired) electrons. The minimum absolute atomic E-state index is 0.0195. The zero-order valence-corrected chi connectivity index (χ0v) is 22.8. The molecule has 208 valence electrons. The van der Waals surface area contributed by atoms with Gasteiger partial charge in [-0.25, -0.2) is 4.39 Å². The van der Waals surface area contributed by atoms with Crippen LogP contribution in [0, 0.1) is 5.82 Å². The van der Waals surface area contributed by atoms with E-state index in [-0.39, 0.29) is 18.2 Å². The van der Waals surface area contributed by atoms with Gasteiger partial charge in [-0.3, -0.25) is 14.4 Å². The van der Waals surface area contributed by atoms with E-state index in [0.29, 0.717) is 46.7 Å². The Labute approximate surface area is 233 Å². The van der Waals surface area contributed by atoms with Crippen LogP contribution in [0.25, 0.3) is 11.3 Å². The monoisotopic (exact) mass is 544 g/mol. The van der Waals surface area contributed by atoms with E-state index < -0.39 is 11.8 Å². The Morgan fingerprint density at radius 2 is 1.68 bits per heavy atom. The minimum Gasteiger partial charge on any atom is -0.481 e. The average molecular weight is 545 g/mol. The quantitative estimate of drug-likeness (QED) is 0.291. The van der Waals surface area contributed by atoms with E-state index in [0.717, 1.165) is 24.2 Å². The van der Waals surface area contributed by atoms with Crippen molar-refractivity contribution in [2.45, 2.75) is 26.2 Å². The molecule has 1 aliphatic heterocycles. The SMILES string of the molecule is CC(=O)N(CCCN(C)C)c1ccc(NC(=C2C(=O)Nc3cc(F)ccc32)c2ccc(CCC(=O)O)cc2)cc1. The van der Waals surface area contributed by atoms with Crippen molar-refractivity contribution < 1.29 is 23.9 Å². The van der Waals surface area contributed by atoms with E-state index in [1.165, 1.54) is 12.1 Å². The zero-order valence-electron chi connectivity index (χ0n) is 22.8. The van der Waals surface area contributed by atoms with Crippen molar-refractivity contribution >= 4 is 46.1 Å². The predicted octanol–water partition coefficient (Wildman–Crippen LogP) is 5.08. The van der Waals surface area contributed by atoms with Crippen LogP contribution in [-0.2, 0) is 20.8 Å². The molecular formula is C31H33FN4O4. The number of halogens is 1. The third-order valence-corrected chi connectivity index (χ3v) is 6.66. The summed E-state index contributed by atoms with van der Waals surface area (Å²) in [4.78, 5) is 40.2. The van der Waals surface area contributed by atoms with Crippen LogP contribution in [0.15, 0.2) is 66.7 Å². The third-order valence-electron chi connectivity index (χ3n) is 6.66. The molecule has 40 heavy (non-hydrogen) atoms. The first-order valence-corrected chi connectivity index (χ1v) is 13.1. The Morgan fingerprint density at radius 3 is 2.30 bits per heavy atom. The van der Waals surface area contributed by atoms with Gasteiger partial charge in [-0.2, -0.15) is 0 Å². The number of carbonyl (C=O) groups is 3. The summed E-state index contributed by atoms with van der Waals surface area (Å²) in [5, 5.41) is 15.1. The Hall–Kier alpha value is -4.50. The van der Waals surface area contributed by atoms with Gasteiger partial charge >= 0.3 is 5.97 Å². The number of anilines is 3. The van der Waals surface area contributed by atoms with Crippen molar-refractivity contribution in [3.63, 3.8) is 0 Å². The van der Waals surface area contributed by atoms with Gasteiger partial charge in [0.05, 0.1) is 17.0 Å². The van der Waals surface area contributed by atoms with E-state index in [1.54, 1.807) is 17.9 Å². The molecule has 3 aromatic rings. The van der Waals surface area contributed by atoms with Gasteiger partial charge in [-0.15, -0.1) is 0 Å². The van der Waals surface area contributed by atoms with Gasteiger partial charge < -0.3 is 25.5 Å². The molecular weight excluding hydrogens is 511 g/mol. The van der Waals surface area contributed by atoms with Gasteiger partial charge in [0.25, 0.3) is 5.91 Å². The molecule has 3 aromatic carbocycles. The second-order valence-electron chi connectivity index (χ2n) is 9.98. The molecule has 2 amide bonds. The smallest absolute Gasteiger partial charge is 0.303 e. The van der Waals surface area contributed by atoms with Crippen molar-refractivity contribution in [2.75, 3.05) is 42.7 Å². The maximum atomic E-state index is 13.9. The highest BCUT2D eigenvalue weighted by Gasteiger charge is 2.29. The van der Waals surface area contributed by atoms with Gasteiger partial charge in [-0.05, 0) is 87.1 Å². The first kappa shape index (κ1) is 28.5. The van der Waals surface area contributed by atoms with Crippen LogP contribution in [0.4, 0.5) is 21.5 Å². The lowest BCUT2D eigenvalue weighted by atomic mass is 9.98. The summed E-state index contributed by atoms with van der Waals surface area (Å²) >= 11 is 0. The number of carbonyl (C=O) groups excluding carboxylic acids is 2. The molecule has 0 saturated heterocycles. The highest BCUT2D eigenvalue weighted by Crippen LogP contribution is 2.38. The molecule has 1 heterocycles. The number of hydrogen-bond acceptors (Lipinski definition) is 5. The summed E-state index contributed by atoms with van der Waals surface area (Å²) < 4.78 is 13.9. The number of nitrogens with zero attached hydrogens (tertiary/aromatic N) is 2. The Kier molecular flexibility index (Phi) is 8.96. The number of amides is 2. The van der Waals surface area contributed by atoms with E-state index in [2.05, 4.69) is 15.5 Å². The number of carboxylic acid groups (broad SMARTS) is 1. The molecule has 0 unspecified atom stereocenters. The molecule has 0 saturated carbocycles. The Bertz CT molecular complexity index is 1430. The molecule has 4 rings (SSSR count). The van der Waals surface area contributed by atoms with Crippen molar-refractivity contribution in [1.29, 1.82) is 0 Å². The molecule has 0 aliphatic carbocycles. The van der Waals surface area contributed by atoms with E-state index >= 15 is 0 Å². The largest absolute Gasteiger partial charge is 0.481 e. The van der Waals surface area contributed by atoms with E-state index in [9.17, 15) is 18.8 Å². The third kappa shape index (κ3) is 6.92. The summed E-state index contributed by atoms with van der Waals surface area (Å²) in [5.74, 6) is -1.73. The fourth-order valence-corrected chi connectivity index (χ4v) is 4.64. The molecule has 0 spiro atoms. The number of carboxylic acids is 1. The first-order valence-electron chi connectivity index (χ1n) is 13.1. The second kappa shape index (κ2) is 12.6. The minimum atomic E-state index is -0.871. The highest BCUT2D eigenvalue weighted by molar-refractivity contribution is 6.37. The number of aryl methyl sites for hydroxylation is 1. The zero-order chi connectivity index (χ0) is 28.8. The Balaban J connectivity index is 1.68. The second-order valence-corrected chi connectivity index (χ2v) is 9.98. The number of rotatable bonds is 11. The normalized spacial score (nSPS) is 13.6. The lowest BCUT2D eigenvalue weighted by molar-refractivity contribution is -0.137. The maximum absolute atomic E-state index is 13.9. The number of hydrogen-bond donors (Lipinski definition) is 3. The topological polar surface area (TPSA) is 102 Å². The molecule has 0 atom stereocenters. The van der Waals surface area contributed by atoms with Gasteiger partial charge in [0.1, 0.15) is 5.82 Å². The first-order chi connectivity index (χ1) is 19.1. The lowest BCUT2D eigenvalue weighted by Crippen LogP contribution is -2.31. The van der Waals surface area contributed by atoms with Crippen LogP contribution in [0.3, 0.4) is 0 Å². The Morgan fingerprint density at radius 1 is 0.975 bits per heavy atom. The molecule has 8 nitrogen and oxygen atoms in total. The number of aliphatic carboxylic acids is 1. The molecule has 3 N–H and O–H groups in total. The van der Waals surface area contributed by atoms with Gasteiger partial charge in [0.15, 0.2) is 0 Å². The number of benzene rings is 3. The summed E-state index contributed by atoms with van der Waals surface area (Å²) in [6.45, 7) is 3.00. The summed E-state index contributed by atoms with van der Waals surface area (Å²) in [5.41, 5.74) is 4.89. The van der Waals surface area contributed by atoms with Crippen LogP contribution >= 0.6 is 0 Å². The van der Waals surface area contributed by atoms with Crippen LogP contribution in [0.2, 0.25) is 0 Å². The fourth-order valence-electron chi connectivity index (χ4n) is 4.64. The molecule has 0 bridgehead atoms. The van der Waals surface area contributed by atoms with Gasteiger partial charge in [0.2, 0.25) is 5.91 Å². The molecule has 0 aromatic heterocycles.